The lowest BCUT2D eigenvalue weighted by molar-refractivity contribution is 0.279. The van der Waals surface area contributed by atoms with Crippen molar-refractivity contribution in [2.75, 3.05) is 35.2 Å². The maximum absolute atomic E-state index is 9.80. The van der Waals surface area contributed by atoms with Crippen molar-refractivity contribution in [3.05, 3.63) is 114 Å². The summed E-state index contributed by atoms with van der Waals surface area (Å²) >= 11 is 1.68. The summed E-state index contributed by atoms with van der Waals surface area (Å²) in [7, 11) is 0. The van der Waals surface area contributed by atoms with Crippen LogP contribution in [0.4, 0.5) is 17.5 Å². The van der Waals surface area contributed by atoms with Gasteiger partial charge in [-0.1, -0.05) is 78.5 Å². The van der Waals surface area contributed by atoms with Crippen LogP contribution in [0.3, 0.4) is 0 Å². The number of rotatable bonds is 8. The van der Waals surface area contributed by atoms with Gasteiger partial charge in [-0.05, 0) is 65.8 Å². The molecule has 3 N–H and O–H groups in total. The second-order valence-electron chi connectivity index (χ2n) is 11.1. The Morgan fingerprint density at radius 1 is 0.810 bits per heavy atom. The molecule has 0 bridgehead atoms. The topological polar surface area (TPSA) is 73.3 Å². The predicted molar refractivity (Wildman–Crippen MR) is 172 cm³/mol. The fraction of sp³-hybridized carbons (Fsp3) is 0.257. The predicted octanol–water partition coefficient (Wildman–Crippen LogP) is 7.31. The van der Waals surface area contributed by atoms with E-state index in [0.717, 1.165) is 64.6 Å². The fourth-order valence-corrected chi connectivity index (χ4v) is 7.47. The lowest BCUT2D eigenvalue weighted by Gasteiger charge is -2.36. The number of para-hydroxylation sites is 2. The molecule has 6 nitrogen and oxygen atoms in total. The van der Waals surface area contributed by atoms with Crippen LogP contribution in [0.5, 0.6) is 0 Å². The van der Waals surface area contributed by atoms with E-state index in [1.807, 2.05) is 24.3 Å². The van der Waals surface area contributed by atoms with Gasteiger partial charge in [0.2, 0.25) is 5.95 Å². The van der Waals surface area contributed by atoms with E-state index in [9.17, 15) is 5.11 Å². The molecule has 7 heteroatoms. The van der Waals surface area contributed by atoms with Crippen LogP contribution in [0, 0.1) is 5.92 Å². The number of hydrogen-bond donors (Lipinski definition) is 3. The zero-order valence-corrected chi connectivity index (χ0v) is 24.4. The highest BCUT2D eigenvalue weighted by atomic mass is 32.2. The van der Waals surface area contributed by atoms with Gasteiger partial charge in [-0.25, -0.2) is 4.98 Å². The minimum Gasteiger partial charge on any atom is -0.392 e. The van der Waals surface area contributed by atoms with E-state index < -0.39 is 0 Å². The third kappa shape index (κ3) is 5.42. The molecule has 3 heterocycles. The minimum absolute atomic E-state index is 0.0272. The molecular formula is C35H35N5OS. The molecule has 1 saturated heterocycles. The van der Waals surface area contributed by atoms with Gasteiger partial charge in [0.25, 0.3) is 0 Å². The number of aliphatic hydroxyl groups is 1. The number of piperidine rings is 1. The molecule has 0 spiro atoms. The Labute approximate surface area is 251 Å². The van der Waals surface area contributed by atoms with Crippen LogP contribution >= 0.6 is 11.8 Å². The second-order valence-corrected chi connectivity index (χ2v) is 12.2. The maximum Gasteiger partial charge on any atom is 0.225 e. The number of nitrogens with one attached hydrogen (secondary N) is 2. The summed E-state index contributed by atoms with van der Waals surface area (Å²) in [6.07, 6.45) is 2.31. The van der Waals surface area contributed by atoms with Crippen LogP contribution in [0.15, 0.2) is 107 Å². The van der Waals surface area contributed by atoms with Gasteiger partial charge in [0.1, 0.15) is 5.82 Å². The molecular weight excluding hydrogens is 538 g/mol. The Hall–Kier alpha value is -4.07. The van der Waals surface area contributed by atoms with Crippen LogP contribution < -0.4 is 15.5 Å². The van der Waals surface area contributed by atoms with Gasteiger partial charge < -0.3 is 20.6 Å². The van der Waals surface area contributed by atoms with Gasteiger partial charge in [0, 0.05) is 53.0 Å². The molecule has 0 amide bonds. The molecule has 2 aliphatic heterocycles. The molecule has 1 fully saturated rings. The van der Waals surface area contributed by atoms with Crippen LogP contribution in [0.25, 0.3) is 10.9 Å². The standard InChI is InChI=1S/C35H35N5OS/c41-23-26-10-2-8-16-33(26)42-32-15-7-1-9-25(32)21-37-35-38-31-14-6-4-12-28(31)34(39-35)40-19-17-24(18-20-40)29-22-36-30-13-5-3-11-27(29)30/h1-16,24,29,36,41H,17-23H2,(H,37,38,39). The van der Waals surface area contributed by atoms with E-state index in [1.165, 1.54) is 16.8 Å². The first-order valence-electron chi connectivity index (χ1n) is 14.8. The summed E-state index contributed by atoms with van der Waals surface area (Å²) in [4.78, 5) is 14.7. The van der Waals surface area contributed by atoms with Crippen LogP contribution in [0.1, 0.15) is 35.4 Å². The third-order valence-corrected chi connectivity index (χ3v) is 9.87. The highest BCUT2D eigenvalue weighted by Gasteiger charge is 2.32. The van der Waals surface area contributed by atoms with Gasteiger partial charge in [-0.3, -0.25) is 0 Å². The quantitative estimate of drug-likeness (QED) is 0.180. The van der Waals surface area contributed by atoms with Crippen molar-refractivity contribution in [2.24, 2.45) is 5.92 Å². The molecule has 0 saturated carbocycles. The van der Waals surface area contributed by atoms with Crippen molar-refractivity contribution >= 4 is 40.1 Å². The number of aliphatic hydroxyl groups excluding tert-OH is 1. The molecule has 4 aromatic carbocycles. The van der Waals surface area contributed by atoms with Gasteiger partial charge in [0.05, 0.1) is 12.1 Å². The first-order valence-corrected chi connectivity index (χ1v) is 15.6. The summed E-state index contributed by atoms with van der Waals surface area (Å²) in [5, 5.41) is 18.0. The first-order chi connectivity index (χ1) is 20.8. The molecule has 1 aromatic heterocycles. The maximum atomic E-state index is 9.80. The molecule has 1 atom stereocenters. The summed E-state index contributed by atoms with van der Waals surface area (Å²) in [5.74, 6) is 2.93. The van der Waals surface area contributed by atoms with Gasteiger partial charge >= 0.3 is 0 Å². The smallest absolute Gasteiger partial charge is 0.225 e. The molecule has 42 heavy (non-hydrogen) atoms. The van der Waals surface area contributed by atoms with Crippen molar-refractivity contribution < 1.29 is 5.11 Å². The van der Waals surface area contributed by atoms with E-state index in [4.69, 9.17) is 9.97 Å². The third-order valence-electron chi connectivity index (χ3n) is 8.64. The normalized spacial score (nSPS) is 16.8. The first kappa shape index (κ1) is 26.8. The summed E-state index contributed by atoms with van der Waals surface area (Å²) in [6, 6.07) is 33.5. The highest BCUT2D eigenvalue weighted by Crippen LogP contribution is 2.41. The Morgan fingerprint density at radius 2 is 1.50 bits per heavy atom. The summed E-state index contributed by atoms with van der Waals surface area (Å²) in [6.45, 7) is 3.67. The molecule has 0 radical (unpaired) electrons. The highest BCUT2D eigenvalue weighted by molar-refractivity contribution is 7.99. The van der Waals surface area contributed by atoms with Crippen LogP contribution in [-0.4, -0.2) is 34.7 Å². The summed E-state index contributed by atoms with van der Waals surface area (Å²) in [5.41, 5.74) is 5.85. The molecule has 7 rings (SSSR count). The molecule has 2 aliphatic rings. The lowest BCUT2D eigenvalue weighted by atomic mass is 9.81. The molecule has 212 valence electrons. The minimum atomic E-state index is 0.0272. The van der Waals surface area contributed by atoms with E-state index in [-0.39, 0.29) is 6.61 Å². The van der Waals surface area contributed by atoms with Gasteiger partial charge in [-0.15, -0.1) is 0 Å². The number of anilines is 3. The van der Waals surface area contributed by atoms with E-state index >= 15 is 0 Å². The number of fused-ring (bicyclic) bond motifs is 2. The average molecular weight is 574 g/mol. The average Bonchev–Trinajstić information content (AvgIpc) is 3.49. The lowest BCUT2D eigenvalue weighted by Crippen LogP contribution is -2.36. The monoisotopic (exact) mass is 573 g/mol. The van der Waals surface area contributed by atoms with Crippen molar-refractivity contribution in [1.82, 2.24) is 9.97 Å². The van der Waals surface area contributed by atoms with Gasteiger partial charge in [-0.2, -0.15) is 4.98 Å². The van der Waals surface area contributed by atoms with Crippen LogP contribution in [-0.2, 0) is 13.2 Å². The van der Waals surface area contributed by atoms with E-state index in [0.29, 0.717) is 24.3 Å². The molecule has 1 unspecified atom stereocenters. The Balaban J connectivity index is 1.09. The Morgan fingerprint density at radius 3 is 2.33 bits per heavy atom. The van der Waals surface area contributed by atoms with Crippen molar-refractivity contribution in [1.29, 1.82) is 0 Å². The largest absolute Gasteiger partial charge is 0.392 e. The van der Waals surface area contributed by atoms with E-state index in [1.54, 1.807) is 11.8 Å². The number of hydrogen-bond acceptors (Lipinski definition) is 7. The Kier molecular flexibility index (Phi) is 7.68. The Bertz CT molecular complexity index is 1700. The number of aromatic nitrogens is 2. The van der Waals surface area contributed by atoms with Crippen LogP contribution in [0.2, 0.25) is 0 Å². The van der Waals surface area contributed by atoms with Crippen molar-refractivity contribution in [2.45, 2.75) is 41.7 Å². The van der Waals surface area contributed by atoms with Crippen molar-refractivity contribution in [3.63, 3.8) is 0 Å². The number of benzene rings is 4. The zero-order valence-electron chi connectivity index (χ0n) is 23.5. The van der Waals surface area contributed by atoms with E-state index in [2.05, 4.69) is 88.3 Å². The fourth-order valence-electron chi connectivity index (χ4n) is 6.40. The number of nitrogens with zero attached hydrogens (tertiary/aromatic N) is 3. The SMILES string of the molecule is OCc1ccccc1Sc1ccccc1CNc1nc(N2CCC(C3CNc4ccccc43)CC2)c2ccccc2n1. The molecule has 5 aromatic rings. The second kappa shape index (κ2) is 12.0. The summed E-state index contributed by atoms with van der Waals surface area (Å²) < 4.78 is 0. The zero-order chi connectivity index (χ0) is 28.3. The van der Waals surface area contributed by atoms with Crippen molar-refractivity contribution in [3.8, 4) is 0 Å². The van der Waals surface area contributed by atoms with Gasteiger partial charge in [0.15, 0.2) is 0 Å². The molecule has 0 aliphatic carbocycles.